The zero-order chi connectivity index (χ0) is 29.6. The summed E-state index contributed by atoms with van der Waals surface area (Å²) in [5.41, 5.74) is 0.706. The molecule has 1 unspecified atom stereocenters. The molecule has 0 aliphatic heterocycles. The Balaban J connectivity index is 1.26. The number of hydrogen-bond donors (Lipinski definition) is 3. The van der Waals surface area contributed by atoms with Crippen LogP contribution < -0.4 is 0 Å². The smallest absolute Gasteiger partial charge is 0.305 e. The first kappa shape index (κ1) is 30.9. The number of rotatable bonds is 9. The van der Waals surface area contributed by atoms with Crippen LogP contribution in [0.3, 0.4) is 0 Å². The molecule has 0 spiro atoms. The van der Waals surface area contributed by atoms with Gasteiger partial charge in [-0.2, -0.15) is 0 Å². The second kappa shape index (κ2) is 11.9. The summed E-state index contributed by atoms with van der Waals surface area (Å²) in [6, 6.07) is 9.94. The molecule has 0 radical (unpaired) electrons. The van der Waals surface area contributed by atoms with E-state index < -0.39 is 24.3 Å². The highest BCUT2D eigenvalue weighted by atomic mass is 16.7. The van der Waals surface area contributed by atoms with Crippen molar-refractivity contribution in [1.29, 1.82) is 0 Å². The molecule has 3 N–H and O–H groups in total. The zero-order valence-corrected chi connectivity index (χ0v) is 25.6. The molecule has 4 aliphatic rings. The van der Waals surface area contributed by atoms with E-state index in [0.29, 0.717) is 50.5 Å². The number of carbonyl (C=O) groups excluding carboxylic acids is 1. The second-order valence-electron chi connectivity index (χ2n) is 14.3. The molecule has 5 rings (SSSR count). The molecule has 0 saturated heterocycles. The Morgan fingerprint density at radius 2 is 1.78 bits per heavy atom. The Bertz CT molecular complexity index is 1050. The third-order valence-electron chi connectivity index (χ3n) is 12.3. The van der Waals surface area contributed by atoms with Crippen LogP contribution in [-0.4, -0.2) is 52.7 Å². The highest BCUT2D eigenvalue weighted by Gasteiger charge is 2.66. The van der Waals surface area contributed by atoms with Crippen LogP contribution in [0.1, 0.15) is 91.0 Å². The summed E-state index contributed by atoms with van der Waals surface area (Å²) in [4.78, 5) is 11.8. The van der Waals surface area contributed by atoms with Crippen LogP contribution in [0.25, 0.3) is 0 Å². The SMILES string of the molecule is COC(=O)CC[C@@H](C)[C@H]1CC[C@H]2[C@@H]3[C@H](O)C[C@@H]4C[C@@](O)(OC(C)OCc5ccccc5)CC[C@]4(C)[C@H]3C[C@H](O)[C@]12C. The first-order valence-corrected chi connectivity index (χ1v) is 15.9. The monoisotopic (exact) mass is 572 g/mol. The average molecular weight is 573 g/mol. The Hall–Kier alpha value is -1.51. The van der Waals surface area contributed by atoms with Crippen LogP contribution in [0.2, 0.25) is 0 Å². The Labute approximate surface area is 246 Å². The molecule has 230 valence electrons. The zero-order valence-electron chi connectivity index (χ0n) is 25.6. The first-order valence-electron chi connectivity index (χ1n) is 15.9. The van der Waals surface area contributed by atoms with Gasteiger partial charge in [0.25, 0.3) is 0 Å². The van der Waals surface area contributed by atoms with Gasteiger partial charge in [0.15, 0.2) is 12.1 Å². The van der Waals surface area contributed by atoms with Gasteiger partial charge in [0, 0.05) is 19.3 Å². The van der Waals surface area contributed by atoms with Gasteiger partial charge in [0.2, 0.25) is 0 Å². The number of fused-ring (bicyclic) bond motifs is 5. The van der Waals surface area contributed by atoms with E-state index in [-0.39, 0.29) is 40.5 Å². The molecule has 0 heterocycles. The normalized spacial score (nSPS) is 43.4. The fourth-order valence-corrected chi connectivity index (χ4v) is 10.00. The average Bonchev–Trinajstić information content (AvgIpc) is 3.31. The molecule has 41 heavy (non-hydrogen) atoms. The number of hydrogen-bond acceptors (Lipinski definition) is 7. The van der Waals surface area contributed by atoms with Crippen LogP contribution in [0, 0.1) is 46.3 Å². The van der Waals surface area contributed by atoms with Crippen molar-refractivity contribution in [2.45, 2.75) is 116 Å². The summed E-state index contributed by atoms with van der Waals surface area (Å²) in [5.74, 6) is -0.166. The number of aliphatic hydroxyl groups excluding tert-OH is 2. The lowest BCUT2D eigenvalue weighted by atomic mass is 9.43. The largest absolute Gasteiger partial charge is 0.469 e. The first-order chi connectivity index (χ1) is 19.4. The number of aliphatic hydroxyl groups is 3. The van der Waals surface area contributed by atoms with Crippen molar-refractivity contribution >= 4 is 5.97 Å². The quantitative estimate of drug-likeness (QED) is 0.267. The lowest BCUT2D eigenvalue weighted by Crippen LogP contribution is -2.63. The van der Waals surface area contributed by atoms with Gasteiger partial charge in [0.05, 0.1) is 25.9 Å². The fourth-order valence-electron chi connectivity index (χ4n) is 10.00. The molecule has 4 saturated carbocycles. The van der Waals surface area contributed by atoms with E-state index in [1.54, 1.807) is 0 Å². The number of esters is 1. The second-order valence-corrected chi connectivity index (χ2v) is 14.3. The third kappa shape index (κ3) is 5.74. The van der Waals surface area contributed by atoms with Crippen molar-refractivity contribution in [2.24, 2.45) is 46.3 Å². The molecule has 4 aliphatic carbocycles. The van der Waals surface area contributed by atoms with Gasteiger partial charge in [-0.3, -0.25) is 4.79 Å². The maximum Gasteiger partial charge on any atom is 0.305 e. The predicted molar refractivity (Wildman–Crippen MR) is 155 cm³/mol. The van der Waals surface area contributed by atoms with Crippen molar-refractivity contribution in [3.63, 3.8) is 0 Å². The van der Waals surface area contributed by atoms with Gasteiger partial charge in [-0.05, 0) is 97.3 Å². The molecule has 0 aromatic heterocycles. The number of carbonyl (C=O) groups is 1. The number of methoxy groups -OCH3 is 1. The van der Waals surface area contributed by atoms with E-state index in [0.717, 1.165) is 31.2 Å². The minimum Gasteiger partial charge on any atom is -0.469 e. The summed E-state index contributed by atoms with van der Waals surface area (Å²) < 4.78 is 16.9. The van der Waals surface area contributed by atoms with Gasteiger partial charge in [-0.1, -0.05) is 51.1 Å². The van der Waals surface area contributed by atoms with E-state index in [9.17, 15) is 20.1 Å². The minimum absolute atomic E-state index is 0.0789. The number of benzene rings is 1. The van der Waals surface area contributed by atoms with Crippen LogP contribution in [0.15, 0.2) is 30.3 Å². The molecule has 0 bridgehead atoms. The van der Waals surface area contributed by atoms with E-state index >= 15 is 0 Å². The van der Waals surface area contributed by atoms with E-state index in [1.165, 1.54) is 7.11 Å². The van der Waals surface area contributed by atoms with E-state index in [4.69, 9.17) is 14.2 Å². The molecule has 7 nitrogen and oxygen atoms in total. The maximum atomic E-state index is 11.8. The van der Waals surface area contributed by atoms with Gasteiger partial charge >= 0.3 is 5.97 Å². The van der Waals surface area contributed by atoms with Crippen LogP contribution in [-0.2, 0) is 25.6 Å². The van der Waals surface area contributed by atoms with Crippen molar-refractivity contribution < 1.29 is 34.3 Å². The van der Waals surface area contributed by atoms with Gasteiger partial charge < -0.3 is 29.5 Å². The summed E-state index contributed by atoms with van der Waals surface area (Å²) >= 11 is 0. The predicted octanol–water partition coefficient (Wildman–Crippen LogP) is 5.44. The lowest BCUT2D eigenvalue weighted by Gasteiger charge is -2.64. The Morgan fingerprint density at radius 3 is 2.49 bits per heavy atom. The molecule has 12 atom stereocenters. The molecule has 0 amide bonds. The van der Waals surface area contributed by atoms with Crippen LogP contribution in [0.5, 0.6) is 0 Å². The molecule has 1 aromatic rings. The van der Waals surface area contributed by atoms with Gasteiger partial charge in [0.1, 0.15) is 0 Å². The topological polar surface area (TPSA) is 105 Å². The highest BCUT2D eigenvalue weighted by Crippen LogP contribution is 2.69. The summed E-state index contributed by atoms with van der Waals surface area (Å²) in [5, 5.41) is 35.1. The Morgan fingerprint density at radius 1 is 1.05 bits per heavy atom. The molecule has 4 fully saturated rings. The van der Waals surface area contributed by atoms with Crippen molar-refractivity contribution in [3.8, 4) is 0 Å². The van der Waals surface area contributed by atoms with E-state index in [1.807, 2.05) is 37.3 Å². The molecular formula is C34H52O7. The number of ether oxygens (including phenoxy) is 3. The lowest BCUT2D eigenvalue weighted by molar-refractivity contribution is -0.322. The molecule has 1 aromatic carbocycles. The minimum atomic E-state index is -1.29. The fraction of sp³-hybridized carbons (Fsp3) is 0.794. The molecule has 7 heteroatoms. The van der Waals surface area contributed by atoms with Crippen LogP contribution in [0.4, 0.5) is 0 Å². The van der Waals surface area contributed by atoms with Gasteiger partial charge in [-0.15, -0.1) is 0 Å². The molecular weight excluding hydrogens is 520 g/mol. The van der Waals surface area contributed by atoms with Gasteiger partial charge in [-0.25, -0.2) is 0 Å². The van der Waals surface area contributed by atoms with Crippen molar-refractivity contribution in [1.82, 2.24) is 0 Å². The van der Waals surface area contributed by atoms with E-state index in [2.05, 4.69) is 20.8 Å². The summed E-state index contributed by atoms with van der Waals surface area (Å²) in [6.45, 7) is 9.04. The third-order valence-corrected chi connectivity index (χ3v) is 12.3. The Kier molecular flexibility index (Phi) is 8.96. The highest BCUT2D eigenvalue weighted by molar-refractivity contribution is 5.69. The maximum absolute atomic E-state index is 11.8. The van der Waals surface area contributed by atoms with Crippen molar-refractivity contribution in [2.75, 3.05) is 7.11 Å². The summed E-state index contributed by atoms with van der Waals surface area (Å²) in [7, 11) is 1.43. The van der Waals surface area contributed by atoms with Crippen LogP contribution >= 0.6 is 0 Å². The van der Waals surface area contributed by atoms with Crippen molar-refractivity contribution in [3.05, 3.63) is 35.9 Å². The standard InChI is InChI=1S/C34H52O7/c1-21(11-14-30(37)39-5)25-12-13-26-31-27(18-29(36)33(25,26)4)32(3)15-16-34(38,19-24(32)17-28(31)35)41-22(2)40-20-23-9-7-6-8-10-23/h6-10,21-22,24-29,31,35-36,38H,11-20H2,1-5H3/t21-,22?,24-,25-,26+,27+,28-,29+,31+,32+,33-,34+/m1/s1. The summed E-state index contributed by atoms with van der Waals surface area (Å²) in [6.07, 6.45) is 4.82.